The van der Waals surface area contributed by atoms with E-state index in [4.69, 9.17) is 0 Å². The summed E-state index contributed by atoms with van der Waals surface area (Å²) in [6.07, 6.45) is -1.85. The van der Waals surface area contributed by atoms with Crippen molar-refractivity contribution in [2.24, 2.45) is 0 Å². The summed E-state index contributed by atoms with van der Waals surface area (Å²) in [4.78, 5) is 13.0. The lowest BCUT2D eigenvalue weighted by Gasteiger charge is -2.16. The van der Waals surface area contributed by atoms with E-state index in [2.05, 4.69) is 5.32 Å². The molecule has 92 valence electrons. The van der Waals surface area contributed by atoms with Crippen molar-refractivity contribution in [1.29, 1.82) is 0 Å². The number of nitrogens with zero attached hydrogens (tertiary/aromatic N) is 1. The molecule has 1 saturated heterocycles. The zero-order valence-electron chi connectivity index (χ0n) is 9.01. The predicted octanol–water partition coefficient (Wildman–Crippen LogP) is 0.395. The third-order valence-corrected chi connectivity index (χ3v) is 2.62. The monoisotopic (exact) mass is 240 g/mol. The molecule has 0 radical (unpaired) electrons. The van der Waals surface area contributed by atoms with Gasteiger partial charge in [-0.1, -0.05) is 6.07 Å². The molecule has 6 heteroatoms. The van der Waals surface area contributed by atoms with Crippen molar-refractivity contribution in [3.05, 3.63) is 30.1 Å². The van der Waals surface area contributed by atoms with Gasteiger partial charge in [-0.25, -0.2) is 9.18 Å². The molecular formula is C11H13FN2O3. The van der Waals surface area contributed by atoms with Crippen molar-refractivity contribution in [3.63, 3.8) is 0 Å². The van der Waals surface area contributed by atoms with Gasteiger partial charge in [0.1, 0.15) is 5.82 Å². The number of urea groups is 1. The number of aliphatic hydroxyl groups is 2. The van der Waals surface area contributed by atoms with E-state index in [1.807, 2.05) is 0 Å². The number of halogens is 1. The van der Waals surface area contributed by atoms with Gasteiger partial charge in [0.2, 0.25) is 0 Å². The quantitative estimate of drug-likeness (QED) is 0.665. The Morgan fingerprint density at radius 1 is 1.35 bits per heavy atom. The standard InChI is InChI=1S/C11H13FN2O3/c12-7-2-1-3-8(4-7)13-11(17)14-5-9(15)10(16)6-14/h1-4,9-10,15-16H,5-6H2,(H,13,17)/t9-,10+. The first-order valence-electron chi connectivity index (χ1n) is 5.24. The fourth-order valence-electron chi connectivity index (χ4n) is 1.70. The van der Waals surface area contributed by atoms with Crippen LogP contribution in [-0.4, -0.2) is 46.4 Å². The number of carbonyl (C=O) groups is 1. The van der Waals surface area contributed by atoms with E-state index in [0.29, 0.717) is 5.69 Å². The molecule has 5 nitrogen and oxygen atoms in total. The summed E-state index contributed by atoms with van der Waals surface area (Å²) in [5.41, 5.74) is 0.339. The Morgan fingerprint density at radius 3 is 2.59 bits per heavy atom. The summed E-state index contributed by atoms with van der Waals surface area (Å²) in [5, 5.41) is 21.1. The molecule has 2 amide bonds. The zero-order chi connectivity index (χ0) is 12.4. The lowest BCUT2D eigenvalue weighted by molar-refractivity contribution is 0.0572. The average molecular weight is 240 g/mol. The SMILES string of the molecule is O=C(Nc1cccc(F)c1)N1C[C@@H](O)[C@@H](O)C1. The van der Waals surface area contributed by atoms with Gasteiger partial charge in [-0.3, -0.25) is 0 Å². The first kappa shape index (κ1) is 11.8. The Morgan fingerprint density at radius 2 is 2.00 bits per heavy atom. The minimum absolute atomic E-state index is 0.0717. The lowest BCUT2D eigenvalue weighted by atomic mass is 10.3. The smallest absolute Gasteiger partial charge is 0.322 e. The van der Waals surface area contributed by atoms with Gasteiger partial charge in [-0.05, 0) is 18.2 Å². The number of nitrogens with one attached hydrogen (secondary N) is 1. The van der Waals surface area contributed by atoms with Crippen LogP contribution in [0.15, 0.2) is 24.3 Å². The molecule has 1 aromatic carbocycles. The third kappa shape index (κ3) is 2.72. The lowest BCUT2D eigenvalue weighted by Crippen LogP contribution is -2.33. The zero-order valence-corrected chi connectivity index (χ0v) is 9.01. The molecule has 2 atom stereocenters. The Bertz CT molecular complexity index is 417. The number of β-amino-alcohol motifs (C(OH)–C–C–N with tert-alkyl or cyclic N) is 2. The van der Waals surface area contributed by atoms with Crippen LogP contribution in [0, 0.1) is 5.82 Å². The molecule has 0 aliphatic carbocycles. The molecule has 2 rings (SSSR count). The molecule has 1 heterocycles. The Hall–Kier alpha value is -1.66. The maximum Gasteiger partial charge on any atom is 0.322 e. The van der Waals surface area contributed by atoms with E-state index in [1.54, 1.807) is 6.07 Å². The number of hydrogen-bond donors (Lipinski definition) is 3. The van der Waals surface area contributed by atoms with E-state index < -0.39 is 24.1 Å². The third-order valence-electron chi connectivity index (χ3n) is 2.62. The number of benzene rings is 1. The fraction of sp³-hybridized carbons (Fsp3) is 0.364. The van der Waals surface area contributed by atoms with Gasteiger partial charge in [0.05, 0.1) is 25.3 Å². The summed E-state index contributed by atoms with van der Waals surface area (Å²) in [6.45, 7) is 0.143. The highest BCUT2D eigenvalue weighted by atomic mass is 19.1. The van der Waals surface area contributed by atoms with Gasteiger partial charge in [0.15, 0.2) is 0 Å². The molecule has 1 aliphatic heterocycles. The topological polar surface area (TPSA) is 72.8 Å². The van der Waals surface area contributed by atoms with Crippen LogP contribution in [0.2, 0.25) is 0 Å². The van der Waals surface area contributed by atoms with Gasteiger partial charge >= 0.3 is 6.03 Å². The van der Waals surface area contributed by atoms with E-state index in [1.165, 1.54) is 23.1 Å². The van der Waals surface area contributed by atoms with Crippen LogP contribution < -0.4 is 5.32 Å². The molecule has 3 N–H and O–H groups in total. The highest BCUT2D eigenvalue weighted by Crippen LogP contribution is 2.14. The minimum Gasteiger partial charge on any atom is -0.388 e. The van der Waals surface area contributed by atoms with E-state index in [9.17, 15) is 19.4 Å². The van der Waals surface area contributed by atoms with Crippen LogP contribution in [-0.2, 0) is 0 Å². The normalized spacial score (nSPS) is 23.8. The second-order valence-corrected chi connectivity index (χ2v) is 3.98. The van der Waals surface area contributed by atoms with Crippen LogP contribution >= 0.6 is 0 Å². The maximum absolute atomic E-state index is 12.9. The van der Waals surface area contributed by atoms with Crippen LogP contribution in [0.1, 0.15) is 0 Å². The van der Waals surface area contributed by atoms with Crippen molar-refractivity contribution in [1.82, 2.24) is 4.90 Å². The second kappa shape index (κ2) is 4.68. The molecule has 17 heavy (non-hydrogen) atoms. The van der Waals surface area contributed by atoms with Gasteiger partial charge < -0.3 is 20.4 Å². The van der Waals surface area contributed by atoms with Crippen molar-refractivity contribution >= 4 is 11.7 Å². The van der Waals surface area contributed by atoms with Crippen LogP contribution in [0.4, 0.5) is 14.9 Å². The van der Waals surface area contributed by atoms with Gasteiger partial charge in [-0.2, -0.15) is 0 Å². The molecular weight excluding hydrogens is 227 g/mol. The summed E-state index contributed by atoms with van der Waals surface area (Å²) in [5.74, 6) is -0.440. The largest absolute Gasteiger partial charge is 0.388 e. The first-order valence-corrected chi connectivity index (χ1v) is 5.24. The number of aliphatic hydroxyl groups excluding tert-OH is 2. The van der Waals surface area contributed by atoms with Gasteiger partial charge in [-0.15, -0.1) is 0 Å². The molecule has 0 aromatic heterocycles. The Balaban J connectivity index is 1.98. The maximum atomic E-state index is 12.9. The van der Waals surface area contributed by atoms with E-state index in [-0.39, 0.29) is 13.1 Å². The number of rotatable bonds is 1. The van der Waals surface area contributed by atoms with E-state index in [0.717, 1.165) is 0 Å². The van der Waals surface area contributed by atoms with Crippen LogP contribution in [0.5, 0.6) is 0 Å². The fourth-order valence-corrected chi connectivity index (χ4v) is 1.70. The minimum atomic E-state index is -0.923. The van der Waals surface area contributed by atoms with Crippen molar-refractivity contribution in [2.75, 3.05) is 18.4 Å². The van der Waals surface area contributed by atoms with Gasteiger partial charge in [0, 0.05) is 5.69 Å². The molecule has 1 aliphatic rings. The summed E-state index contributed by atoms with van der Waals surface area (Å²) >= 11 is 0. The average Bonchev–Trinajstić information content (AvgIpc) is 2.59. The van der Waals surface area contributed by atoms with Crippen LogP contribution in [0.3, 0.4) is 0 Å². The van der Waals surface area contributed by atoms with Crippen molar-refractivity contribution in [3.8, 4) is 0 Å². The number of likely N-dealkylation sites (tertiary alicyclic amines) is 1. The van der Waals surface area contributed by atoms with Crippen molar-refractivity contribution < 1.29 is 19.4 Å². The Labute approximate surface area is 97.5 Å². The molecule has 1 fully saturated rings. The highest BCUT2D eigenvalue weighted by molar-refractivity contribution is 5.89. The summed E-state index contributed by atoms with van der Waals surface area (Å²) < 4.78 is 12.9. The first-order chi connectivity index (χ1) is 8.06. The second-order valence-electron chi connectivity index (χ2n) is 3.98. The number of anilines is 1. The molecule has 0 bridgehead atoms. The van der Waals surface area contributed by atoms with Crippen LogP contribution in [0.25, 0.3) is 0 Å². The van der Waals surface area contributed by atoms with Crippen molar-refractivity contribution in [2.45, 2.75) is 12.2 Å². The number of carbonyl (C=O) groups excluding carboxylic acids is 1. The Kier molecular flexibility index (Phi) is 3.26. The summed E-state index contributed by atoms with van der Waals surface area (Å²) in [7, 11) is 0. The highest BCUT2D eigenvalue weighted by Gasteiger charge is 2.32. The van der Waals surface area contributed by atoms with Gasteiger partial charge in [0.25, 0.3) is 0 Å². The molecule has 1 aromatic rings. The molecule has 0 spiro atoms. The summed E-state index contributed by atoms with van der Waals surface area (Å²) in [6, 6.07) is 5.05. The molecule has 0 saturated carbocycles. The number of amides is 2. The predicted molar refractivity (Wildman–Crippen MR) is 59.0 cm³/mol. The van der Waals surface area contributed by atoms with E-state index >= 15 is 0 Å². The molecule has 0 unspecified atom stereocenters. The number of hydrogen-bond acceptors (Lipinski definition) is 3.